The highest BCUT2D eigenvalue weighted by Crippen LogP contribution is 2.12. The maximum Gasteiger partial charge on any atom is 0.326 e. The van der Waals surface area contributed by atoms with Gasteiger partial charge in [-0.3, -0.25) is 14.4 Å². The van der Waals surface area contributed by atoms with Gasteiger partial charge in [-0.2, -0.15) is 0 Å². The third kappa shape index (κ3) is 29.7. The molecule has 256 valence electrons. The molecule has 0 radical (unpaired) electrons. The highest BCUT2D eigenvalue weighted by molar-refractivity contribution is 5.84. The molecule has 0 fully saturated rings. The van der Waals surface area contributed by atoms with Crippen LogP contribution in [0.1, 0.15) is 110 Å². The Bertz CT molecular complexity index is 751. The SMILES string of the molecule is CCCCCCCCCCCCCCC(=O)NC(CCC(=O)NCCOCCOCC(=O)CCOCCOCC=O)C(=O)O. The van der Waals surface area contributed by atoms with E-state index in [0.29, 0.717) is 19.5 Å². The van der Waals surface area contributed by atoms with Crippen LogP contribution in [0.15, 0.2) is 0 Å². The topological polar surface area (TPSA) is 167 Å². The lowest BCUT2D eigenvalue weighted by Gasteiger charge is -2.14. The van der Waals surface area contributed by atoms with Crippen LogP contribution in [-0.4, -0.2) is 100 Å². The number of amides is 2. The molecule has 0 aromatic rings. The van der Waals surface area contributed by atoms with Crippen LogP contribution in [0.4, 0.5) is 0 Å². The second kappa shape index (κ2) is 32.0. The van der Waals surface area contributed by atoms with Gasteiger partial charge in [-0.25, -0.2) is 4.79 Å². The Morgan fingerprint density at radius 3 is 1.84 bits per heavy atom. The van der Waals surface area contributed by atoms with Gasteiger partial charge in [0.15, 0.2) is 5.78 Å². The molecular weight excluding hydrogens is 572 g/mol. The summed E-state index contributed by atoms with van der Waals surface area (Å²) >= 11 is 0. The van der Waals surface area contributed by atoms with Crippen molar-refractivity contribution in [3.05, 3.63) is 0 Å². The van der Waals surface area contributed by atoms with Gasteiger partial charge in [0.25, 0.3) is 0 Å². The molecule has 12 nitrogen and oxygen atoms in total. The first-order chi connectivity index (χ1) is 21.4. The monoisotopic (exact) mass is 630 g/mol. The molecule has 0 aromatic carbocycles. The zero-order valence-corrected chi connectivity index (χ0v) is 27.0. The summed E-state index contributed by atoms with van der Waals surface area (Å²) in [6.45, 7) is 4.01. The second-order valence-electron chi connectivity index (χ2n) is 10.8. The number of aliphatic carboxylic acids is 1. The van der Waals surface area contributed by atoms with E-state index in [1.807, 2.05) is 0 Å². The van der Waals surface area contributed by atoms with Gasteiger partial charge in [-0.05, 0) is 12.8 Å². The van der Waals surface area contributed by atoms with E-state index in [2.05, 4.69) is 17.6 Å². The number of hydrogen-bond donors (Lipinski definition) is 3. The number of aldehydes is 1. The van der Waals surface area contributed by atoms with Crippen molar-refractivity contribution >= 4 is 29.9 Å². The zero-order chi connectivity index (χ0) is 32.5. The minimum Gasteiger partial charge on any atom is -0.480 e. The number of ether oxygens (including phenoxy) is 4. The molecule has 2 amide bonds. The third-order valence-electron chi connectivity index (χ3n) is 6.84. The van der Waals surface area contributed by atoms with Crippen molar-refractivity contribution in [3.8, 4) is 0 Å². The van der Waals surface area contributed by atoms with Crippen LogP contribution in [0, 0.1) is 0 Å². The smallest absolute Gasteiger partial charge is 0.326 e. The number of carboxylic acid groups (broad SMARTS) is 1. The van der Waals surface area contributed by atoms with Crippen molar-refractivity contribution in [2.45, 2.75) is 116 Å². The predicted molar refractivity (Wildman–Crippen MR) is 166 cm³/mol. The van der Waals surface area contributed by atoms with E-state index in [1.54, 1.807) is 0 Å². The first kappa shape index (κ1) is 41.6. The van der Waals surface area contributed by atoms with Gasteiger partial charge in [0.1, 0.15) is 25.5 Å². The highest BCUT2D eigenvalue weighted by atomic mass is 16.5. The molecule has 0 saturated heterocycles. The van der Waals surface area contributed by atoms with E-state index in [4.69, 9.17) is 18.9 Å². The van der Waals surface area contributed by atoms with Gasteiger partial charge in [-0.1, -0.05) is 77.6 Å². The average molecular weight is 631 g/mol. The Morgan fingerprint density at radius 1 is 0.659 bits per heavy atom. The maximum absolute atomic E-state index is 12.2. The van der Waals surface area contributed by atoms with Gasteiger partial charge >= 0.3 is 5.97 Å². The number of Topliss-reactive ketones (excluding diaryl/α,β-unsaturated/α-hetero) is 1. The minimum absolute atomic E-state index is 0.00701. The Labute approximate surface area is 263 Å². The van der Waals surface area contributed by atoms with Gasteiger partial charge in [-0.15, -0.1) is 0 Å². The summed E-state index contributed by atoms with van der Waals surface area (Å²) in [5.41, 5.74) is 0. The van der Waals surface area contributed by atoms with Crippen LogP contribution >= 0.6 is 0 Å². The maximum atomic E-state index is 12.2. The summed E-state index contributed by atoms with van der Waals surface area (Å²) in [4.78, 5) is 57.6. The van der Waals surface area contributed by atoms with Gasteiger partial charge in [0.2, 0.25) is 11.8 Å². The van der Waals surface area contributed by atoms with Crippen molar-refractivity contribution in [2.24, 2.45) is 0 Å². The molecule has 0 heterocycles. The fourth-order valence-corrected chi connectivity index (χ4v) is 4.29. The Balaban J connectivity index is 3.71. The molecular formula is C32H58N2O10. The van der Waals surface area contributed by atoms with E-state index in [9.17, 15) is 29.1 Å². The lowest BCUT2D eigenvalue weighted by Crippen LogP contribution is -2.41. The van der Waals surface area contributed by atoms with Gasteiger partial charge in [0, 0.05) is 25.8 Å². The van der Waals surface area contributed by atoms with Crippen LogP contribution in [0.2, 0.25) is 0 Å². The Kier molecular flexibility index (Phi) is 30.2. The quantitative estimate of drug-likeness (QED) is 0.0704. The van der Waals surface area contributed by atoms with Crippen LogP contribution in [0.5, 0.6) is 0 Å². The first-order valence-electron chi connectivity index (χ1n) is 16.5. The number of carbonyl (C=O) groups excluding carboxylic acids is 4. The number of hydrogen-bond acceptors (Lipinski definition) is 9. The van der Waals surface area contributed by atoms with Crippen LogP contribution in [-0.2, 0) is 42.9 Å². The lowest BCUT2D eigenvalue weighted by molar-refractivity contribution is -0.142. The van der Waals surface area contributed by atoms with E-state index in [1.165, 1.54) is 57.8 Å². The summed E-state index contributed by atoms with van der Waals surface area (Å²) in [5.74, 6) is -1.88. The fraction of sp³-hybridized carbons (Fsp3) is 0.844. The van der Waals surface area contributed by atoms with Crippen molar-refractivity contribution in [3.63, 3.8) is 0 Å². The molecule has 0 bridgehead atoms. The first-order valence-corrected chi connectivity index (χ1v) is 16.5. The van der Waals surface area contributed by atoms with E-state index >= 15 is 0 Å². The van der Waals surface area contributed by atoms with E-state index in [0.717, 1.165) is 19.3 Å². The Hall–Kier alpha value is -2.41. The standard InChI is InChI=1S/C32H58N2O10/c1-2-3-4-5-6-7-8-9-10-11-12-13-14-31(38)34-29(32(39)40)15-16-30(37)33-18-21-42-25-26-44-27-28(36)17-20-41-23-24-43-22-19-35/h19,29H,2-18,20-27H2,1H3,(H,33,37)(H,34,38)(H,39,40). The molecule has 0 aliphatic heterocycles. The molecule has 1 atom stereocenters. The molecule has 0 aromatic heterocycles. The molecule has 1 unspecified atom stereocenters. The summed E-state index contributed by atoms with van der Waals surface area (Å²) in [6, 6.07) is -1.10. The molecule has 0 aliphatic rings. The normalized spacial score (nSPS) is 11.7. The van der Waals surface area contributed by atoms with Gasteiger partial charge < -0.3 is 39.5 Å². The molecule has 0 aliphatic carbocycles. The van der Waals surface area contributed by atoms with Crippen molar-refractivity contribution in [1.29, 1.82) is 0 Å². The number of carboxylic acids is 1. The predicted octanol–water partition coefficient (Wildman–Crippen LogP) is 3.77. The van der Waals surface area contributed by atoms with Gasteiger partial charge in [0.05, 0.1) is 39.6 Å². The zero-order valence-electron chi connectivity index (χ0n) is 27.0. The molecule has 3 N–H and O–H groups in total. The van der Waals surface area contributed by atoms with E-state index < -0.39 is 12.0 Å². The largest absolute Gasteiger partial charge is 0.480 e. The second-order valence-corrected chi connectivity index (χ2v) is 10.8. The summed E-state index contributed by atoms with van der Waals surface area (Å²) in [5, 5.41) is 14.6. The minimum atomic E-state index is -1.16. The average Bonchev–Trinajstić information content (AvgIpc) is 3.00. The van der Waals surface area contributed by atoms with Crippen LogP contribution < -0.4 is 10.6 Å². The van der Waals surface area contributed by atoms with Crippen molar-refractivity contribution < 1.29 is 48.0 Å². The summed E-state index contributed by atoms with van der Waals surface area (Å²) in [6.07, 6.45) is 15.5. The molecule has 0 saturated carbocycles. The fourth-order valence-electron chi connectivity index (χ4n) is 4.29. The number of ketones is 1. The third-order valence-corrected chi connectivity index (χ3v) is 6.84. The highest BCUT2D eigenvalue weighted by Gasteiger charge is 2.20. The van der Waals surface area contributed by atoms with Crippen LogP contribution in [0.25, 0.3) is 0 Å². The number of carbonyl (C=O) groups is 5. The summed E-state index contributed by atoms with van der Waals surface area (Å²) < 4.78 is 20.7. The molecule has 0 rings (SSSR count). The molecule has 0 spiro atoms. The summed E-state index contributed by atoms with van der Waals surface area (Å²) in [7, 11) is 0. The lowest BCUT2D eigenvalue weighted by atomic mass is 10.0. The number of unbranched alkanes of at least 4 members (excludes halogenated alkanes) is 11. The van der Waals surface area contributed by atoms with E-state index in [-0.39, 0.29) is 89.5 Å². The number of nitrogens with one attached hydrogen (secondary N) is 2. The number of rotatable bonds is 34. The van der Waals surface area contributed by atoms with Crippen LogP contribution in [0.3, 0.4) is 0 Å². The van der Waals surface area contributed by atoms with Crippen molar-refractivity contribution in [1.82, 2.24) is 10.6 Å². The molecule has 44 heavy (non-hydrogen) atoms. The Morgan fingerprint density at radius 2 is 1.23 bits per heavy atom. The molecule has 12 heteroatoms. The van der Waals surface area contributed by atoms with Crippen molar-refractivity contribution in [2.75, 3.05) is 59.4 Å².